The van der Waals surface area contributed by atoms with Gasteiger partial charge in [-0.2, -0.15) is 0 Å². The number of benzene rings is 1. The van der Waals surface area contributed by atoms with E-state index in [4.69, 9.17) is 16.3 Å². The number of aliphatic hydroxyl groups excluding tert-OH is 1. The number of nitrogens with zero attached hydrogens (tertiary/aromatic N) is 1. The molecule has 5 nitrogen and oxygen atoms in total. The Morgan fingerprint density at radius 3 is 2.82 bits per heavy atom. The molecule has 0 amide bonds. The molecule has 92 valence electrons. The summed E-state index contributed by atoms with van der Waals surface area (Å²) in [5.74, 6) is 0.119. The number of nitro groups is 1. The van der Waals surface area contributed by atoms with Gasteiger partial charge in [-0.25, -0.2) is 0 Å². The van der Waals surface area contributed by atoms with Crippen LogP contribution in [-0.2, 0) is 0 Å². The van der Waals surface area contributed by atoms with Crippen LogP contribution in [0.4, 0.5) is 5.69 Å². The van der Waals surface area contributed by atoms with E-state index in [1.54, 1.807) is 0 Å². The normalized spacial score (nSPS) is 23.6. The van der Waals surface area contributed by atoms with Crippen LogP contribution < -0.4 is 4.74 Å². The first-order valence-corrected chi connectivity index (χ1v) is 5.74. The highest BCUT2D eigenvalue weighted by Crippen LogP contribution is 2.33. The van der Waals surface area contributed by atoms with Crippen LogP contribution in [0.25, 0.3) is 0 Å². The van der Waals surface area contributed by atoms with Gasteiger partial charge in [0.25, 0.3) is 0 Å². The molecular formula is C11H12ClNO4. The standard InChI is InChI=1S/C11H12ClNO4/c12-7-4-5-8(13(15)16)11(6-7)17-10-3-1-2-9(10)14/h4-6,9-10,14H,1-3H2. The lowest BCUT2D eigenvalue weighted by Crippen LogP contribution is -2.25. The third-order valence-corrected chi connectivity index (χ3v) is 3.05. The Morgan fingerprint density at radius 1 is 1.47 bits per heavy atom. The maximum atomic E-state index is 10.8. The van der Waals surface area contributed by atoms with Crippen LogP contribution in [0.3, 0.4) is 0 Å². The van der Waals surface area contributed by atoms with Crippen LogP contribution >= 0.6 is 11.6 Å². The Hall–Kier alpha value is -1.33. The second kappa shape index (κ2) is 4.89. The molecule has 0 aliphatic heterocycles. The molecule has 6 heteroatoms. The van der Waals surface area contributed by atoms with Crippen molar-refractivity contribution < 1.29 is 14.8 Å². The maximum Gasteiger partial charge on any atom is 0.311 e. The Labute approximate surface area is 103 Å². The van der Waals surface area contributed by atoms with Gasteiger partial charge in [0.15, 0.2) is 5.75 Å². The number of rotatable bonds is 3. The summed E-state index contributed by atoms with van der Waals surface area (Å²) >= 11 is 5.78. The zero-order valence-corrected chi connectivity index (χ0v) is 9.76. The molecule has 1 aromatic carbocycles. The van der Waals surface area contributed by atoms with Crippen molar-refractivity contribution in [1.82, 2.24) is 0 Å². The lowest BCUT2D eigenvalue weighted by molar-refractivity contribution is -0.386. The molecular weight excluding hydrogens is 246 g/mol. The minimum absolute atomic E-state index is 0.119. The highest BCUT2D eigenvalue weighted by molar-refractivity contribution is 6.30. The van der Waals surface area contributed by atoms with E-state index in [-0.39, 0.29) is 17.5 Å². The zero-order chi connectivity index (χ0) is 12.4. The lowest BCUT2D eigenvalue weighted by atomic mass is 10.2. The van der Waals surface area contributed by atoms with Gasteiger partial charge in [0.2, 0.25) is 0 Å². The van der Waals surface area contributed by atoms with Gasteiger partial charge in [-0.1, -0.05) is 11.6 Å². The van der Waals surface area contributed by atoms with Gasteiger partial charge >= 0.3 is 5.69 Å². The van der Waals surface area contributed by atoms with Gasteiger partial charge in [-0.15, -0.1) is 0 Å². The smallest absolute Gasteiger partial charge is 0.311 e. The molecule has 1 aliphatic rings. The van der Waals surface area contributed by atoms with E-state index >= 15 is 0 Å². The Bertz CT molecular complexity index is 437. The number of halogens is 1. The fourth-order valence-electron chi connectivity index (χ4n) is 1.94. The Kier molecular flexibility index (Phi) is 3.49. The molecule has 1 aliphatic carbocycles. The van der Waals surface area contributed by atoms with Crippen molar-refractivity contribution in [2.75, 3.05) is 0 Å². The summed E-state index contributed by atoms with van der Waals surface area (Å²) in [6.07, 6.45) is 1.28. The van der Waals surface area contributed by atoms with Gasteiger partial charge < -0.3 is 9.84 Å². The fourth-order valence-corrected chi connectivity index (χ4v) is 2.10. The van der Waals surface area contributed by atoms with Crippen molar-refractivity contribution >= 4 is 17.3 Å². The number of aliphatic hydroxyl groups is 1. The minimum atomic E-state index is -0.561. The first-order chi connectivity index (χ1) is 8.08. The third kappa shape index (κ3) is 2.68. The van der Waals surface area contributed by atoms with Crippen molar-refractivity contribution in [3.8, 4) is 5.75 Å². The molecule has 1 fully saturated rings. The average molecular weight is 258 g/mol. The summed E-state index contributed by atoms with van der Waals surface area (Å²) in [5.41, 5.74) is -0.131. The summed E-state index contributed by atoms with van der Waals surface area (Å²) in [4.78, 5) is 10.3. The summed E-state index contributed by atoms with van der Waals surface area (Å²) in [6, 6.07) is 4.15. The van der Waals surface area contributed by atoms with E-state index < -0.39 is 11.0 Å². The first-order valence-electron chi connectivity index (χ1n) is 5.36. The average Bonchev–Trinajstić information content (AvgIpc) is 2.64. The highest BCUT2D eigenvalue weighted by atomic mass is 35.5. The topological polar surface area (TPSA) is 72.6 Å². The summed E-state index contributed by atoms with van der Waals surface area (Å²) in [6.45, 7) is 0. The van der Waals surface area contributed by atoms with Crippen molar-refractivity contribution in [3.63, 3.8) is 0 Å². The van der Waals surface area contributed by atoms with Crippen molar-refractivity contribution in [2.24, 2.45) is 0 Å². The monoisotopic (exact) mass is 257 g/mol. The van der Waals surface area contributed by atoms with E-state index in [2.05, 4.69) is 0 Å². The molecule has 2 atom stereocenters. The minimum Gasteiger partial charge on any atom is -0.481 e. The second-order valence-electron chi connectivity index (χ2n) is 4.02. The molecule has 17 heavy (non-hydrogen) atoms. The summed E-state index contributed by atoms with van der Waals surface area (Å²) in [5, 5.41) is 20.8. The SMILES string of the molecule is O=[N+]([O-])c1ccc(Cl)cc1OC1CCCC1O. The number of ether oxygens (including phenoxy) is 1. The van der Waals surface area contributed by atoms with E-state index in [1.165, 1.54) is 18.2 Å². The van der Waals surface area contributed by atoms with Crippen LogP contribution in [0.2, 0.25) is 5.02 Å². The predicted molar refractivity (Wildman–Crippen MR) is 62.4 cm³/mol. The van der Waals surface area contributed by atoms with Crippen LogP contribution in [0, 0.1) is 10.1 Å². The van der Waals surface area contributed by atoms with E-state index in [0.29, 0.717) is 17.9 Å². The Morgan fingerprint density at radius 2 is 2.24 bits per heavy atom. The molecule has 0 spiro atoms. The van der Waals surface area contributed by atoms with Gasteiger partial charge in [0, 0.05) is 17.2 Å². The molecule has 0 aromatic heterocycles. The van der Waals surface area contributed by atoms with E-state index in [0.717, 1.165) is 6.42 Å². The highest BCUT2D eigenvalue weighted by Gasteiger charge is 2.29. The molecule has 0 radical (unpaired) electrons. The molecule has 0 saturated heterocycles. The fraction of sp³-hybridized carbons (Fsp3) is 0.455. The van der Waals surface area contributed by atoms with Crippen molar-refractivity contribution in [2.45, 2.75) is 31.5 Å². The molecule has 2 rings (SSSR count). The molecule has 2 unspecified atom stereocenters. The largest absolute Gasteiger partial charge is 0.481 e. The maximum absolute atomic E-state index is 10.8. The second-order valence-corrected chi connectivity index (χ2v) is 4.46. The van der Waals surface area contributed by atoms with Crippen molar-refractivity contribution in [3.05, 3.63) is 33.3 Å². The summed E-state index contributed by atoms with van der Waals surface area (Å²) in [7, 11) is 0. The molecule has 1 saturated carbocycles. The van der Waals surface area contributed by atoms with Crippen LogP contribution in [0.15, 0.2) is 18.2 Å². The van der Waals surface area contributed by atoms with Gasteiger partial charge in [0.05, 0.1) is 11.0 Å². The zero-order valence-electron chi connectivity index (χ0n) is 9.01. The number of hydrogen-bond donors (Lipinski definition) is 1. The molecule has 1 N–H and O–H groups in total. The number of nitro benzene ring substituents is 1. The van der Waals surface area contributed by atoms with E-state index in [1.807, 2.05) is 0 Å². The van der Waals surface area contributed by atoms with Crippen LogP contribution in [-0.4, -0.2) is 22.2 Å². The van der Waals surface area contributed by atoms with Crippen LogP contribution in [0.5, 0.6) is 5.75 Å². The third-order valence-electron chi connectivity index (χ3n) is 2.81. The quantitative estimate of drug-likeness (QED) is 0.667. The molecule has 0 heterocycles. The van der Waals surface area contributed by atoms with Crippen molar-refractivity contribution in [1.29, 1.82) is 0 Å². The molecule has 0 bridgehead atoms. The van der Waals surface area contributed by atoms with Gasteiger partial charge in [-0.3, -0.25) is 10.1 Å². The molecule has 1 aromatic rings. The van der Waals surface area contributed by atoms with Gasteiger partial charge in [-0.05, 0) is 25.3 Å². The Balaban J connectivity index is 2.24. The lowest BCUT2D eigenvalue weighted by Gasteiger charge is -2.16. The number of hydrogen-bond acceptors (Lipinski definition) is 4. The van der Waals surface area contributed by atoms with Crippen LogP contribution in [0.1, 0.15) is 19.3 Å². The van der Waals surface area contributed by atoms with E-state index in [9.17, 15) is 15.2 Å². The predicted octanol–water partition coefficient (Wildman–Crippen LogP) is 2.54. The van der Waals surface area contributed by atoms with Gasteiger partial charge in [0.1, 0.15) is 6.10 Å². The first kappa shape index (κ1) is 12.1. The summed E-state index contributed by atoms with van der Waals surface area (Å²) < 4.78 is 5.48.